The standard InChI is InChI=1S/C19H27NO4/c1-15-5-2-3-6-17(15)24-13-16(21)18(22)20-10-4-7-19(14-20)8-11-23-12-9-19/h2-3,5-6,16,21H,4,7-14H2,1H3/t16-/m0/s1. The van der Waals surface area contributed by atoms with Crippen LogP contribution in [0.3, 0.4) is 0 Å². The highest BCUT2D eigenvalue weighted by Crippen LogP contribution is 2.39. The lowest BCUT2D eigenvalue weighted by Gasteiger charge is -2.45. The van der Waals surface area contributed by atoms with Crippen molar-refractivity contribution in [2.45, 2.75) is 38.7 Å². The average Bonchev–Trinajstić information content (AvgIpc) is 2.61. The quantitative estimate of drug-likeness (QED) is 0.917. The Hall–Kier alpha value is -1.59. The Morgan fingerprint density at radius 2 is 2.08 bits per heavy atom. The topological polar surface area (TPSA) is 59.0 Å². The number of aliphatic hydroxyl groups excluding tert-OH is 1. The van der Waals surface area contributed by atoms with E-state index in [2.05, 4.69) is 0 Å². The van der Waals surface area contributed by atoms with Crippen LogP contribution in [0.2, 0.25) is 0 Å². The summed E-state index contributed by atoms with van der Waals surface area (Å²) >= 11 is 0. The van der Waals surface area contributed by atoms with Crippen LogP contribution in [0.15, 0.2) is 24.3 Å². The van der Waals surface area contributed by atoms with Crippen molar-refractivity contribution >= 4 is 5.91 Å². The zero-order valence-corrected chi connectivity index (χ0v) is 14.4. The van der Waals surface area contributed by atoms with Gasteiger partial charge in [-0.1, -0.05) is 18.2 Å². The molecule has 1 amide bonds. The maximum atomic E-state index is 12.6. The number of ether oxygens (including phenoxy) is 2. The molecular weight excluding hydrogens is 306 g/mol. The highest BCUT2D eigenvalue weighted by atomic mass is 16.5. The van der Waals surface area contributed by atoms with E-state index in [1.807, 2.05) is 36.1 Å². The maximum Gasteiger partial charge on any atom is 0.254 e. The fourth-order valence-corrected chi connectivity index (χ4v) is 3.78. The molecule has 2 aliphatic rings. The van der Waals surface area contributed by atoms with Crippen LogP contribution in [0.4, 0.5) is 0 Å². The average molecular weight is 333 g/mol. The number of piperidine rings is 1. The molecule has 2 saturated heterocycles. The molecule has 1 aromatic rings. The molecule has 1 atom stereocenters. The number of amides is 1. The van der Waals surface area contributed by atoms with Crippen LogP contribution in [0.5, 0.6) is 5.75 Å². The van der Waals surface area contributed by atoms with Crippen LogP contribution in [0.1, 0.15) is 31.2 Å². The smallest absolute Gasteiger partial charge is 0.254 e. The molecule has 0 saturated carbocycles. The fourth-order valence-electron chi connectivity index (χ4n) is 3.78. The summed E-state index contributed by atoms with van der Waals surface area (Å²) < 4.78 is 11.1. The number of likely N-dealkylation sites (tertiary alicyclic amines) is 1. The molecule has 1 aromatic carbocycles. The zero-order chi connectivity index (χ0) is 17.0. The lowest BCUT2D eigenvalue weighted by molar-refractivity contribution is -0.147. The van der Waals surface area contributed by atoms with Crippen molar-refractivity contribution in [3.63, 3.8) is 0 Å². The third-order valence-corrected chi connectivity index (χ3v) is 5.30. The van der Waals surface area contributed by atoms with Gasteiger partial charge in [-0.3, -0.25) is 4.79 Å². The van der Waals surface area contributed by atoms with Gasteiger partial charge < -0.3 is 19.5 Å². The van der Waals surface area contributed by atoms with Gasteiger partial charge in [-0.2, -0.15) is 0 Å². The van der Waals surface area contributed by atoms with E-state index in [4.69, 9.17) is 9.47 Å². The Morgan fingerprint density at radius 1 is 1.33 bits per heavy atom. The van der Waals surface area contributed by atoms with E-state index < -0.39 is 6.10 Å². The van der Waals surface area contributed by atoms with Crippen molar-refractivity contribution in [1.82, 2.24) is 4.90 Å². The van der Waals surface area contributed by atoms with Crippen molar-refractivity contribution in [2.75, 3.05) is 32.9 Å². The molecule has 3 rings (SSSR count). The minimum absolute atomic E-state index is 0.00367. The minimum Gasteiger partial charge on any atom is -0.490 e. The molecule has 2 aliphatic heterocycles. The van der Waals surface area contributed by atoms with Gasteiger partial charge in [0.25, 0.3) is 5.91 Å². The molecule has 2 fully saturated rings. The van der Waals surface area contributed by atoms with Gasteiger partial charge in [0, 0.05) is 26.3 Å². The predicted molar refractivity (Wildman–Crippen MR) is 91.0 cm³/mol. The van der Waals surface area contributed by atoms with Crippen LogP contribution in [0, 0.1) is 12.3 Å². The van der Waals surface area contributed by atoms with Gasteiger partial charge in [0.05, 0.1) is 0 Å². The Bertz CT molecular complexity index is 563. The number of rotatable bonds is 4. The minimum atomic E-state index is -1.11. The number of hydrogen-bond acceptors (Lipinski definition) is 4. The summed E-state index contributed by atoms with van der Waals surface area (Å²) in [6.45, 7) is 4.96. The lowest BCUT2D eigenvalue weighted by atomic mass is 9.74. The molecular formula is C19H27NO4. The molecule has 2 heterocycles. The fraction of sp³-hybridized carbons (Fsp3) is 0.632. The first-order valence-electron chi connectivity index (χ1n) is 8.83. The lowest BCUT2D eigenvalue weighted by Crippen LogP contribution is -2.52. The Morgan fingerprint density at radius 3 is 2.83 bits per heavy atom. The summed E-state index contributed by atoms with van der Waals surface area (Å²) in [5.41, 5.74) is 1.18. The van der Waals surface area contributed by atoms with E-state index in [0.29, 0.717) is 5.75 Å². The molecule has 0 aliphatic carbocycles. The molecule has 1 spiro atoms. The van der Waals surface area contributed by atoms with Crippen LogP contribution in [0.25, 0.3) is 0 Å². The highest BCUT2D eigenvalue weighted by Gasteiger charge is 2.39. The summed E-state index contributed by atoms with van der Waals surface area (Å²) in [6.07, 6.45) is 3.05. The van der Waals surface area contributed by atoms with Crippen molar-refractivity contribution in [2.24, 2.45) is 5.41 Å². The second-order valence-electron chi connectivity index (χ2n) is 7.07. The molecule has 0 bridgehead atoms. The summed E-state index contributed by atoms with van der Waals surface area (Å²) in [7, 11) is 0. The maximum absolute atomic E-state index is 12.6. The van der Waals surface area contributed by atoms with E-state index in [-0.39, 0.29) is 17.9 Å². The first kappa shape index (κ1) is 17.2. The number of benzene rings is 1. The summed E-state index contributed by atoms with van der Waals surface area (Å²) in [5, 5.41) is 10.3. The number of aliphatic hydroxyl groups is 1. The van der Waals surface area contributed by atoms with Crippen LogP contribution in [-0.4, -0.2) is 54.9 Å². The number of carbonyl (C=O) groups is 1. The SMILES string of the molecule is Cc1ccccc1OC[C@H](O)C(=O)N1CCCC2(CCOCC2)C1. The third-order valence-electron chi connectivity index (χ3n) is 5.30. The van der Waals surface area contributed by atoms with Crippen molar-refractivity contribution in [3.8, 4) is 5.75 Å². The van der Waals surface area contributed by atoms with Gasteiger partial charge in [0.15, 0.2) is 6.10 Å². The van der Waals surface area contributed by atoms with Crippen LogP contribution < -0.4 is 4.74 Å². The molecule has 1 N–H and O–H groups in total. The molecule has 0 aromatic heterocycles. The predicted octanol–water partition coefficient (Wildman–Crippen LogP) is 2.15. The second-order valence-corrected chi connectivity index (χ2v) is 7.07. The molecule has 0 radical (unpaired) electrons. The van der Waals surface area contributed by atoms with Gasteiger partial charge in [0.1, 0.15) is 12.4 Å². The molecule has 0 unspecified atom stereocenters. The van der Waals surface area contributed by atoms with Crippen LogP contribution in [-0.2, 0) is 9.53 Å². The highest BCUT2D eigenvalue weighted by molar-refractivity contribution is 5.81. The second kappa shape index (κ2) is 7.53. The number of hydrogen-bond donors (Lipinski definition) is 1. The summed E-state index contributed by atoms with van der Waals surface area (Å²) in [4.78, 5) is 14.4. The first-order valence-corrected chi connectivity index (χ1v) is 8.83. The van der Waals surface area contributed by atoms with Gasteiger partial charge in [-0.15, -0.1) is 0 Å². The van der Waals surface area contributed by atoms with Gasteiger partial charge in [-0.25, -0.2) is 0 Å². The van der Waals surface area contributed by atoms with E-state index in [1.165, 1.54) is 0 Å². The summed E-state index contributed by atoms with van der Waals surface area (Å²) in [5.74, 6) is 0.498. The number of nitrogens with zero attached hydrogens (tertiary/aromatic N) is 1. The monoisotopic (exact) mass is 333 g/mol. The van der Waals surface area contributed by atoms with Gasteiger partial charge >= 0.3 is 0 Å². The van der Waals surface area contributed by atoms with E-state index in [0.717, 1.165) is 57.6 Å². The largest absolute Gasteiger partial charge is 0.490 e. The normalized spacial score (nSPS) is 21.5. The molecule has 5 nitrogen and oxygen atoms in total. The Balaban J connectivity index is 1.56. The zero-order valence-electron chi connectivity index (χ0n) is 14.4. The van der Waals surface area contributed by atoms with E-state index in [9.17, 15) is 9.90 Å². The van der Waals surface area contributed by atoms with E-state index >= 15 is 0 Å². The van der Waals surface area contributed by atoms with Gasteiger partial charge in [0.2, 0.25) is 0 Å². The van der Waals surface area contributed by atoms with E-state index in [1.54, 1.807) is 0 Å². The number of aryl methyl sites for hydroxylation is 1. The number of para-hydroxylation sites is 1. The van der Waals surface area contributed by atoms with Crippen molar-refractivity contribution in [1.29, 1.82) is 0 Å². The molecule has 5 heteroatoms. The Kier molecular flexibility index (Phi) is 5.41. The molecule has 24 heavy (non-hydrogen) atoms. The summed E-state index contributed by atoms with van der Waals surface area (Å²) in [6, 6.07) is 7.62. The Labute approximate surface area is 143 Å². The van der Waals surface area contributed by atoms with Crippen molar-refractivity contribution in [3.05, 3.63) is 29.8 Å². The number of carbonyl (C=O) groups excluding carboxylic acids is 1. The van der Waals surface area contributed by atoms with Gasteiger partial charge in [-0.05, 0) is 49.7 Å². The van der Waals surface area contributed by atoms with Crippen LogP contribution >= 0.6 is 0 Å². The third kappa shape index (κ3) is 3.90. The van der Waals surface area contributed by atoms with Crippen molar-refractivity contribution < 1.29 is 19.4 Å². The first-order chi connectivity index (χ1) is 11.6. The molecule has 132 valence electrons.